The largest absolute Gasteiger partial charge is 0.255 e. The smallest absolute Gasteiger partial charge is 0.165 e. The van der Waals surface area contributed by atoms with Crippen LogP contribution in [0.1, 0.15) is 43.2 Å². The molecule has 334 valence electrons. The Morgan fingerprint density at radius 2 is 0.671 bits per heavy atom. The van der Waals surface area contributed by atoms with Crippen LogP contribution in [0.15, 0.2) is 200 Å². The van der Waals surface area contributed by atoms with Crippen LogP contribution >= 0.6 is 0 Å². The van der Waals surface area contributed by atoms with Gasteiger partial charge in [0.05, 0.1) is 5.69 Å². The lowest BCUT2D eigenvalue weighted by molar-refractivity contribution is -0.0399. The van der Waals surface area contributed by atoms with Gasteiger partial charge in [0.15, 0.2) is 34.9 Å². The van der Waals surface area contributed by atoms with E-state index >= 15 is 0 Å². The zero-order valence-electron chi connectivity index (χ0n) is 38.5. The molecule has 7 aromatic carbocycles. The van der Waals surface area contributed by atoms with Crippen molar-refractivity contribution in [3.63, 3.8) is 0 Å². The first-order valence-corrected chi connectivity index (χ1v) is 24.7. The number of aromatic nitrogens is 7. The number of nitrogens with zero attached hydrogens (tertiary/aromatic N) is 7. The highest BCUT2D eigenvalue weighted by Crippen LogP contribution is 2.69. The molecule has 1 spiro atoms. The molecule has 4 saturated carbocycles. The van der Waals surface area contributed by atoms with E-state index < -0.39 is 0 Å². The highest BCUT2D eigenvalue weighted by molar-refractivity contribution is 5.87. The van der Waals surface area contributed by atoms with Gasteiger partial charge in [0, 0.05) is 50.6 Å². The maximum Gasteiger partial charge on any atom is 0.165 e. The van der Waals surface area contributed by atoms with Gasteiger partial charge in [-0.05, 0) is 119 Å². The van der Waals surface area contributed by atoms with Gasteiger partial charge >= 0.3 is 0 Å². The average Bonchev–Trinajstić information content (AvgIpc) is 3.73. The van der Waals surface area contributed by atoms with Gasteiger partial charge in [0.1, 0.15) is 0 Å². The molecule has 10 aromatic rings. The van der Waals surface area contributed by atoms with Gasteiger partial charge < -0.3 is 0 Å². The summed E-state index contributed by atoms with van der Waals surface area (Å²) in [6.07, 6.45) is 8.54. The summed E-state index contributed by atoms with van der Waals surface area (Å²) in [6, 6.07) is 68.1. The fraction of sp³-hybridized carbons (Fsp3) is 0.159. The van der Waals surface area contributed by atoms with Crippen molar-refractivity contribution in [3.05, 3.63) is 211 Å². The zero-order chi connectivity index (χ0) is 46.2. The number of benzene rings is 7. The SMILES string of the molecule is c1ccc(-c2nc(-c3ccccc3)nc(-c3ccc(-c4ccc5c(c4)C4(c6cc(-c7cccc(-c8nc(-c9ccccc9)nc(-c9ccccc9)n8)c7)ccc6-5)C5CC6CC(C5)CC4C6)nc3)n2)cc1. The van der Waals surface area contributed by atoms with Crippen LogP contribution in [0.2, 0.25) is 0 Å². The Kier molecular flexibility index (Phi) is 9.58. The molecule has 3 heterocycles. The fourth-order valence-corrected chi connectivity index (χ4v) is 12.9. The Hall–Kier alpha value is -8.29. The first-order chi connectivity index (χ1) is 34.6. The van der Waals surface area contributed by atoms with Crippen LogP contribution in [0, 0.1) is 23.7 Å². The fourth-order valence-electron chi connectivity index (χ4n) is 12.9. The van der Waals surface area contributed by atoms with Gasteiger partial charge in [0.2, 0.25) is 0 Å². The molecule has 0 N–H and O–H groups in total. The third kappa shape index (κ3) is 6.82. The summed E-state index contributed by atoms with van der Waals surface area (Å²) < 4.78 is 0. The predicted molar refractivity (Wildman–Crippen MR) is 278 cm³/mol. The van der Waals surface area contributed by atoms with E-state index in [-0.39, 0.29) is 5.41 Å². The molecule has 5 aliphatic rings. The second kappa shape index (κ2) is 16.4. The molecule has 7 nitrogen and oxygen atoms in total. The number of fused-ring (bicyclic) bond motifs is 3. The maximum absolute atomic E-state index is 5.15. The van der Waals surface area contributed by atoms with Crippen molar-refractivity contribution in [2.24, 2.45) is 23.7 Å². The van der Waals surface area contributed by atoms with E-state index in [1.807, 2.05) is 103 Å². The van der Waals surface area contributed by atoms with Gasteiger partial charge in [-0.3, -0.25) is 4.98 Å². The molecule has 0 atom stereocenters. The first kappa shape index (κ1) is 40.7. The molecule has 70 heavy (non-hydrogen) atoms. The minimum absolute atomic E-state index is 0.0441. The second-order valence-corrected chi connectivity index (χ2v) is 19.8. The number of pyridine rings is 1. The summed E-state index contributed by atoms with van der Waals surface area (Å²) in [5.41, 5.74) is 15.8. The van der Waals surface area contributed by atoms with E-state index in [4.69, 9.17) is 34.9 Å². The summed E-state index contributed by atoms with van der Waals surface area (Å²) >= 11 is 0. The number of rotatable bonds is 8. The van der Waals surface area contributed by atoms with Crippen molar-refractivity contribution < 1.29 is 0 Å². The number of hydrogen-bond acceptors (Lipinski definition) is 7. The van der Waals surface area contributed by atoms with Gasteiger partial charge in [0.25, 0.3) is 0 Å². The quantitative estimate of drug-likeness (QED) is 0.150. The topological polar surface area (TPSA) is 90.2 Å². The molecule has 5 aliphatic carbocycles. The Bertz CT molecular complexity index is 3450. The van der Waals surface area contributed by atoms with Crippen molar-refractivity contribution in [1.29, 1.82) is 0 Å². The van der Waals surface area contributed by atoms with E-state index in [0.717, 1.165) is 62.0 Å². The summed E-state index contributed by atoms with van der Waals surface area (Å²) in [5.74, 6) is 6.76. The van der Waals surface area contributed by atoms with Crippen molar-refractivity contribution in [2.45, 2.75) is 37.5 Å². The molecular formula is C63H47N7. The molecule has 4 bridgehead atoms. The van der Waals surface area contributed by atoms with Crippen molar-refractivity contribution in [2.75, 3.05) is 0 Å². The summed E-state index contributed by atoms with van der Waals surface area (Å²) in [5, 5.41) is 0. The Morgan fingerprint density at radius 1 is 0.300 bits per heavy atom. The van der Waals surface area contributed by atoms with Gasteiger partial charge in [-0.15, -0.1) is 0 Å². The Morgan fingerprint density at radius 3 is 1.13 bits per heavy atom. The van der Waals surface area contributed by atoms with Crippen LogP contribution in [0.5, 0.6) is 0 Å². The first-order valence-electron chi connectivity index (χ1n) is 24.7. The van der Waals surface area contributed by atoms with Gasteiger partial charge in [-0.25, -0.2) is 29.9 Å². The Labute approximate surface area is 407 Å². The lowest BCUT2D eigenvalue weighted by atomic mass is 9.43. The van der Waals surface area contributed by atoms with E-state index in [9.17, 15) is 0 Å². The van der Waals surface area contributed by atoms with Crippen LogP contribution < -0.4 is 0 Å². The molecule has 3 aromatic heterocycles. The van der Waals surface area contributed by atoms with Crippen LogP contribution in [0.3, 0.4) is 0 Å². The van der Waals surface area contributed by atoms with E-state index in [0.29, 0.717) is 46.8 Å². The van der Waals surface area contributed by atoms with Crippen LogP contribution in [-0.4, -0.2) is 34.9 Å². The molecule has 0 saturated heterocycles. The highest BCUT2D eigenvalue weighted by Gasteiger charge is 2.61. The summed E-state index contributed by atoms with van der Waals surface area (Å²) in [4.78, 5) is 35.1. The van der Waals surface area contributed by atoms with E-state index in [1.54, 1.807) is 0 Å². The van der Waals surface area contributed by atoms with Crippen molar-refractivity contribution >= 4 is 0 Å². The molecule has 0 unspecified atom stereocenters. The average molecular weight is 902 g/mol. The van der Waals surface area contributed by atoms with Crippen LogP contribution in [0.25, 0.3) is 102 Å². The normalized spacial score (nSPS) is 20.3. The molecule has 0 radical (unpaired) electrons. The maximum atomic E-state index is 5.15. The molecule has 0 amide bonds. The summed E-state index contributed by atoms with van der Waals surface area (Å²) in [6.45, 7) is 0. The zero-order valence-corrected chi connectivity index (χ0v) is 38.5. The molecule has 4 fully saturated rings. The van der Waals surface area contributed by atoms with Crippen molar-refractivity contribution in [1.82, 2.24) is 34.9 Å². The molecule has 0 aliphatic heterocycles. The Balaban J connectivity index is 0.842. The van der Waals surface area contributed by atoms with Crippen LogP contribution in [0.4, 0.5) is 0 Å². The summed E-state index contributed by atoms with van der Waals surface area (Å²) in [7, 11) is 0. The minimum Gasteiger partial charge on any atom is -0.255 e. The highest BCUT2D eigenvalue weighted by atomic mass is 15.0. The van der Waals surface area contributed by atoms with E-state index in [1.165, 1.54) is 59.9 Å². The molecule has 7 heteroatoms. The third-order valence-corrected chi connectivity index (χ3v) is 15.8. The number of hydrogen-bond donors (Lipinski definition) is 0. The predicted octanol–water partition coefficient (Wildman–Crippen LogP) is 14.5. The molecular weight excluding hydrogens is 855 g/mol. The standard InChI is InChI=1S/C63H47N7/c1-5-14-41(15-6-1)57-65-58(42-16-7-2-8-17-42)68-61(67-57)48-23-13-22-45(35-48)46-24-27-52-53-28-25-47(37-55(53)63(54(52)36-46)50-31-39-30-40(33-50)34-51(63)32-39)56-29-26-49(38-64-56)62-69-59(43-18-9-3-10-19-43)66-60(70-62)44-20-11-4-12-21-44/h1-29,35-40,50-51H,30-34H2. The monoisotopic (exact) mass is 901 g/mol. The molecule has 15 rings (SSSR count). The van der Waals surface area contributed by atoms with E-state index in [2.05, 4.69) is 97.1 Å². The van der Waals surface area contributed by atoms with Crippen LogP contribution in [-0.2, 0) is 5.41 Å². The lowest BCUT2D eigenvalue weighted by Gasteiger charge is -2.61. The minimum atomic E-state index is -0.0441. The van der Waals surface area contributed by atoms with Crippen molar-refractivity contribution in [3.8, 4) is 102 Å². The lowest BCUT2D eigenvalue weighted by Crippen LogP contribution is -2.55. The van der Waals surface area contributed by atoms with Gasteiger partial charge in [-0.2, -0.15) is 0 Å². The van der Waals surface area contributed by atoms with Gasteiger partial charge in [-0.1, -0.05) is 164 Å². The third-order valence-electron chi connectivity index (χ3n) is 15.8. The second-order valence-electron chi connectivity index (χ2n) is 19.8.